The average molecular weight is 434 g/mol. The molecule has 0 fully saturated rings. The molecule has 6 heteroatoms. The molecule has 2 aromatic rings. The van der Waals surface area contributed by atoms with Gasteiger partial charge in [-0.3, -0.25) is 4.79 Å². The van der Waals surface area contributed by atoms with Crippen molar-refractivity contribution in [3.05, 3.63) is 55.9 Å². The van der Waals surface area contributed by atoms with Crippen molar-refractivity contribution in [3.63, 3.8) is 0 Å². The number of amides is 1. The van der Waals surface area contributed by atoms with Crippen molar-refractivity contribution in [2.24, 2.45) is 0 Å². The van der Waals surface area contributed by atoms with Gasteiger partial charge in [-0.25, -0.2) is 0 Å². The normalized spacial score (nSPS) is 10.3. The summed E-state index contributed by atoms with van der Waals surface area (Å²) in [6.45, 7) is 2.39. The number of ether oxygens (including phenoxy) is 1. The maximum absolute atomic E-state index is 12.4. The Bertz CT molecular complexity index is 677. The summed E-state index contributed by atoms with van der Waals surface area (Å²) in [5.74, 6) is 0.348. The summed E-state index contributed by atoms with van der Waals surface area (Å²) >= 11 is 12.7. The molecule has 21 heavy (non-hydrogen) atoms. The number of rotatable bonds is 4. The molecule has 1 amide bonds. The molecule has 0 bridgehead atoms. The van der Waals surface area contributed by atoms with E-state index in [2.05, 4.69) is 37.2 Å². The van der Waals surface area contributed by atoms with Crippen LogP contribution in [0.4, 0.5) is 5.69 Å². The summed E-state index contributed by atoms with van der Waals surface area (Å²) in [5, 5.41) is 3.35. The number of anilines is 1. The van der Waals surface area contributed by atoms with Crippen LogP contribution in [0.3, 0.4) is 0 Å². The van der Waals surface area contributed by atoms with Crippen LogP contribution in [0.25, 0.3) is 0 Å². The number of halogens is 3. The highest BCUT2D eigenvalue weighted by molar-refractivity contribution is 9.11. The fourth-order valence-corrected chi connectivity index (χ4v) is 3.14. The summed E-state index contributed by atoms with van der Waals surface area (Å²) in [5.41, 5.74) is 1.07. The van der Waals surface area contributed by atoms with Crippen molar-refractivity contribution in [3.8, 4) is 5.75 Å². The van der Waals surface area contributed by atoms with Gasteiger partial charge >= 0.3 is 0 Å². The molecular weight excluding hydrogens is 421 g/mol. The van der Waals surface area contributed by atoms with Crippen LogP contribution in [-0.4, -0.2) is 12.5 Å². The van der Waals surface area contributed by atoms with E-state index in [1.54, 1.807) is 30.3 Å². The zero-order valence-corrected chi connectivity index (χ0v) is 15.0. The Morgan fingerprint density at radius 1 is 1.24 bits per heavy atom. The van der Waals surface area contributed by atoms with Crippen LogP contribution >= 0.6 is 43.5 Å². The van der Waals surface area contributed by atoms with Gasteiger partial charge in [-0.2, -0.15) is 0 Å². The number of carbonyl (C=O) groups excluding carboxylic acids is 1. The van der Waals surface area contributed by atoms with Crippen LogP contribution in [0.1, 0.15) is 17.3 Å². The third-order valence-electron chi connectivity index (χ3n) is 2.67. The molecule has 3 nitrogen and oxygen atoms in total. The quantitative estimate of drug-likeness (QED) is 0.690. The molecule has 0 radical (unpaired) electrons. The van der Waals surface area contributed by atoms with Gasteiger partial charge in [-0.1, -0.05) is 27.5 Å². The van der Waals surface area contributed by atoms with E-state index in [9.17, 15) is 4.79 Å². The first-order valence-electron chi connectivity index (χ1n) is 6.20. The maximum Gasteiger partial charge on any atom is 0.256 e. The minimum Gasteiger partial charge on any atom is -0.492 e. The van der Waals surface area contributed by atoms with Crippen molar-refractivity contribution < 1.29 is 9.53 Å². The molecule has 1 N–H and O–H groups in total. The van der Waals surface area contributed by atoms with Crippen LogP contribution in [0.2, 0.25) is 5.02 Å². The largest absolute Gasteiger partial charge is 0.492 e. The second-order valence-electron chi connectivity index (χ2n) is 4.15. The van der Waals surface area contributed by atoms with E-state index in [1.807, 2.05) is 13.0 Å². The average Bonchev–Trinajstić information content (AvgIpc) is 2.41. The molecule has 0 aromatic heterocycles. The Kier molecular flexibility index (Phi) is 5.67. The molecule has 0 aliphatic carbocycles. The molecule has 0 spiro atoms. The van der Waals surface area contributed by atoms with Gasteiger partial charge in [-0.15, -0.1) is 0 Å². The van der Waals surface area contributed by atoms with E-state index in [0.29, 0.717) is 33.1 Å². The lowest BCUT2D eigenvalue weighted by atomic mass is 10.2. The minimum absolute atomic E-state index is 0.238. The number of carbonyl (C=O) groups is 1. The van der Waals surface area contributed by atoms with Crippen molar-refractivity contribution in [1.29, 1.82) is 0 Å². The highest BCUT2D eigenvalue weighted by atomic mass is 79.9. The molecule has 0 aliphatic rings. The monoisotopic (exact) mass is 431 g/mol. The van der Waals surface area contributed by atoms with E-state index < -0.39 is 0 Å². The molecule has 0 saturated carbocycles. The Morgan fingerprint density at radius 3 is 2.67 bits per heavy atom. The lowest BCUT2D eigenvalue weighted by Gasteiger charge is -2.12. The van der Waals surface area contributed by atoms with E-state index in [1.165, 1.54) is 0 Å². The molecule has 2 rings (SSSR count). The summed E-state index contributed by atoms with van der Waals surface area (Å²) < 4.78 is 7.08. The fraction of sp³-hybridized carbons (Fsp3) is 0.133. The van der Waals surface area contributed by atoms with Crippen molar-refractivity contribution in [1.82, 2.24) is 0 Å². The summed E-state index contributed by atoms with van der Waals surface area (Å²) in [4.78, 5) is 12.4. The van der Waals surface area contributed by atoms with Gasteiger partial charge in [0.1, 0.15) is 5.75 Å². The van der Waals surface area contributed by atoms with Gasteiger partial charge in [0.05, 0.1) is 17.9 Å². The number of nitrogens with one attached hydrogen (secondary N) is 1. The van der Waals surface area contributed by atoms with Crippen LogP contribution in [0, 0.1) is 0 Å². The topological polar surface area (TPSA) is 38.3 Å². The van der Waals surface area contributed by atoms with E-state index >= 15 is 0 Å². The smallest absolute Gasteiger partial charge is 0.256 e. The Hall–Kier alpha value is -1.04. The predicted molar refractivity (Wildman–Crippen MR) is 92.4 cm³/mol. The lowest BCUT2D eigenvalue weighted by Crippen LogP contribution is -2.13. The molecular formula is C15H12Br2ClNO2. The second-order valence-corrected chi connectivity index (χ2v) is 6.36. The Morgan fingerprint density at radius 2 is 2.00 bits per heavy atom. The first-order valence-corrected chi connectivity index (χ1v) is 8.16. The van der Waals surface area contributed by atoms with Gasteiger partial charge in [-0.05, 0) is 59.3 Å². The number of benzene rings is 2. The third-order valence-corrected chi connectivity index (χ3v) is 4.05. The van der Waals surface area contributed by atoms with Crippen molar-refractivity contribution in [2.45, 2.75) is 6.92 Å². The fourth-order valence-electron chi connectivity index (χ4n) is 1.74. The zero-order chi connectivity index (χ0) is 15.4. The van der Waals surface area contributed by atoms with E-state index in [-0.39, 0.29) is 5.91 Å². The first kappa shape index (κ1) is 16.3. The Balaban J connectivity index is 2.28. The highest BCUT2D eigenvalue weighted by Gasteiger charge is 2.13. The molecule has 0 aliphatic heterocycles. The summed E-state index contributed by atoms with van der Waals surface area (Å²) in [6.07, 6.45) is 0. The molecule has 110 valence electrons. The summed E-state index contributed by atoms with van der Waals surface area (Å²) in [7, 11) is 0. The van der Waals surface area contributed by atoms with Gasteiger partial charge in [0.2, 0.25) is 0 Å². The van der Waals surface area contributed by atoms with Crippen molar-refractivity contribution in [2.75, 3.05) is 11.9 Å². The first-order chi connectivity index (χ1) is 10.0. The lowest BCUT2D eigenvalue weighted by molar-refractivity contribution is 0.102. The van der Waals surface area contributed by atoms with Crippen LogP contribution < -0.4 is 10.1 Å². The minimum atomic E-state index is -0.238. The van der Waals surface area contributed by atoms with Gasteiger partial charge in [0.25, 0.3) is 5.91 Å². The SMILES string of the molecule is CCOc1ccc(Cl)cc1NC(=O)c1ccc(Br)cc1Br. The second kappa shape index (κ2) is 7.29. The molecule has 0 heterocycles. The molecule has 0 atom stereocenters. The number of hydrogen-bond acceptors (Lipinski definition) is 2. The van der Waals surface area contributed by atoms with Crippen LogP contribution in [-0.2, 0) is 0 Å². The van der Waals surface area contributed by atoms with E-state index in [0.717, 1.165) is 4.47 Å². The molecule has 2 aromatic carbocycles. The van der Waals surface area contributed by atoms with Gasteiger partial charge in [0.15, 0.2) is 0 Å². The van der Waals surface area contributed by atoms with Gasteiger partial charge in [0, 0.05) is 14.0 Å². The van der Waals surface area contributed by atoms with Crippen LogP contribution in [0.5, 0.6) is 5.75 Å². The number of hydrogen-bond donors (Lipinski definition) is 1. The zero-order valence-electron chi connectivity index (χ0n) is 11.1. The van der Waals surface area contributed by atoms with Crippen molar-refractivity contribution >= 4 is 55.1 Å². The van der Waals surface area contributed by atoms with E-state index in [4.69, 9.17) is 16.3 Å². The molecule has 0 saturated heterocycles. The Labute approximate surface area is 144 Å². The standard InChI is InChI=1S/C15H12Br2ClNO2/c1-2-21-14-6-4-10(18)8-13(14)19-15(20)11-5-3-9(16)7-12(11)17/h3-8H,2H2,1H3,(H,19,20). The maximum atomic E-state index is 12.4. The third kappa shape index (κ3) is 4.22. The molecule has 0 unspecified atom stereocenters. The van der Waals surface area contributed by atoms with Gasteiger partial charge < -0.3 is 10.1 Å². The van der Waals surface area contributed by atoms with Crippen LogP contribution in [0.15, 0.2) is 45.3 Å². The highest BCUT2D eigenvalue weighted by Crippen LogP contribution is 2.29. The summed E-state index contributed by atoms with van der Waals surface area (Å²) in [6, 6.07) is 10.5. The predicted octanol–water partition coefficient (Wildman–Crippen LogP) is 5.52.